The van der Waals surface area contributed by atoms with Gasteiger partial charge in [0.2, 0.25) is 5.91 Å². The number of carbonyl (C=O) groups is 2. The summed E-state index contributed by atoms with van der Waals surface area (Å²) >= 11 is 0. The Kier molecular flexibility index (Phi) is 7.01. The van der Waals surface area contributed by atoms with Crippen molar-refractivity contribution in [3.63, 3.8) is 0 Å². The number of anilines is 3. The third-order valence-corrected chi connectivity index (χ3v) is 5.86. The maximum Gasteiger partial charge on any atom is 0.255 e. The third kappa shape index (κ3) is 5.14. The molecule has 0 aliphatic carbocycles. The number of amides is 2. The van der Waals surface area contributed by atoms with Crippen LogP contribution in [0.25, 0.3) is 0 Å². The number of nitrogens with one attached hydrogen (secondary N) is 2. The molecule has 0 spiro atoms. The summed E-state index contributed by atoms with van der Waals surface area (Å²) in [6.45, 7) is 3.14. The number of methoxy groups -OCH3 is 2. The van der Waals surface area contributed by atoms with Crippen LogP contribution in [0.2, 0.25) is 0 Å². The normalized spacial score (nSPS) is 12.5. The van der Waals surface area contributed by atoms with E-state index < -0.39 is 0 Å². The van der Waals surface area contributed by atoms with Gasteiger partial charge >= 0.3 is 0 Å². The van der Waals surface area contributed by atoms with Gasteiger partial charge in [-0.2, -0.15) is 0 Å². The van der Waals surface area contributed by atoms with Gasteiger partial charge in [0.15, 0.2) is 0 Å². The number of benzene rings is 3. The molecule has 1 aliphatic rings. The first-order valence-corrected chi connectivity index (χ1v) is 11.2. The van der Waals surface area contributed by atoms with Gasteiger partial charge in [-0.25, -0.2) is 0 Å². The highest BCUT2D eigenvalue weighted by Gasteiger charge is 2.21. The van der Waals surface area contributed by atoms with Gasteiger partial charge in [-0.15, -0.1) is 0 Å². The van der Waals surface area contributed by atoms with Crippen LogP contribution in [-0.4, -0.2) is 39.1 Å². The minimum Gasteiger partial charge on any atom is -0.494 e. The Morgan fingerprint density at radius 2 is 1.59 bits per heavy atom. The number of nitrogens with zero attached hydrogens (tertiary/aromatic N) is 1. The van der Waals surface area contributed by atoms with Crippen molar-refractivity contribution in [3.8, 4) is 11.5 Å². The monoisotopic (exact) mass is 459 g/mol. The topological polar surface area (TPSA) is 79.9 Å². The van der Waals surface area contributed by atoms with Crippen molar-refractivity contribution in [2.45, 2.75) is 19.8 Å². The second-order valence-electron chi connectivity index (χ2n) is 8.28. The second kappa shape index (κ2) is 10.3. The molecule has 3 aromatic rings. The van der Waals surface area contributed by atoms with E-state index in [9.17, 15) is 9.59 Å². The number of hydrogen-bond donors (Lipinski definition) is 2. The zero-order valence-corrected chi connectivity index (χ0v) is 19.7. The lowest BCUT2D eigenvalue weighted by Gasteiger charge is -2.31. The van der Waals surface area contributed by atoms with Crippen LogP contribution < -0.4 is 25.0 Å². The lowest BCUT2D eigenvalue weighted by atomic mass is 9.99. The van der Waals surface area contributed by atoms with E-state index in [0.29, 0.717) is 28.4 Å². The van der Waals surface area contributed by atoms with E-state index in [1.807, 2.05) is 6.07 Å². The van der Waals surface area contributed by atoms with Gasteiger partial charge < -0.3 is 25.0 Å². The van der Waals surface area contributed by atoms with Gasteiger partial charge in [-0.05, 0) is 43.5 Å². The summed E-state index contributed by atoms with van der Waals surface area (Å²) in [5, 5.41) is 5.79. The van der Waals surface area contributed by atoms with Gasteiger partial charge in [-0.3, -0.25) is 9.59 Å². The molecular formula is C27H29N3O4. The summed E-state index contributed by atoms with van der Waals surface area (Å²) in [4.78, 5) is 27.7. The molecule has 0 radical (unpaired) electrons. The second-order valence-corrected chi connectivity index (χ2v) is 8.28. The fourth-order valence-corrected chi connectivity index (χ4v) is 4.21. The van der Waals surface area contributed by atoms with Crippen molar-refractivity contribution in [2.75, 3.05) is 42.8 Å². The largest absolute Gasteiger partial charge is 0.494 e. The Hall–Kier alpha value is -4.00. The molecule has 0 bridgehead atoms. The number of fused-ring (bicyclic) bond motifs is 1. The minimum absolute atomic E-state index is 0.158. The molecule has 3 aromatic carbocycles. The molecular weight excluding hydrogens is 430 g/mol. The zero-order valence-electron chi connectivity index (χ0n) is 19.7. The first-order chi connectivity index (χ1) is 16.5. The highest BCUT2D eigenvalue weighted by molar-refractivity contribution is 6.05. The van der Waals surface area contributed by atoms with Crippen LogP contribution in [0.3, 0.4) is 0 Å². The molecule has 2 amide bonds. The Morgan fingerprint density at radius 3 is 2.26 bits per heavy atom. The third-order valence-electron chi connectivity index (χ3n) is 5.86. The van der Waals surface area contributed by atoms with E-state index >= 15 is 0 Å². The predicted octanol–water partition coefficient (Wildman–Crippen LogP) is 4.66. The standard InChI is InChI=1S/C27H29N3O4/c1-18-11-12-23-20(14-18)10-7-13-30(23)17-26(31)28-21-15-25(34-3)22(16-24(21)33-2)29-27(32)19-8-5-4-6-9-19/h4-6,8-9,11-12,14-16H,7,10,13,17H2,1-3H3,(H,28,31)(H,29,32). The maximum atomic E-state index is 13.0. The maximum absolute atomic E-state index is 13.0. The molecule has 0 fully saturated rings. The van der Waals surface area contributed by atoms with E-state index in [0.717, 1.165) is 25.1 Å². The molecule has 7 nitrogen and oxygen atoms in total. The van der Waals surface area contributed by atoms with Gasteiger partial charge in [0.05, 0.1) is 32.1 Å². The molecule has 0 saturated carbocycles. The molecule has 1 aliphatic heterocycles. The average molecular weight is 460 g/mol. The van der Waals surface area contributed by atoms with Crippen LogP contribution in [0.15, 0.2) is 60.7 Å². The van der Waals surface area contributed by atoms with Crippen molar-refractivity contribution < 1.29 is 19.1 Å². The summed E-state index contributed by atoms with van der Waals surface area (Å²) in [7, 11) is 3.03. The fourth-order valence-electron chi connectivity index (χ4n) is 4.21. The summed E-state index contributed by atoms with van der Waals surface area (Å²) in [5.41, 5.74) is 5.06. The van der Waals surface area contributed by atoms with Crippen LogP contribution in [0.1, 0.15) is 27.9 Å². The predicted molar refractivity (Wildman–Crippen MR) is 134 cm³/mol. The zero-order chi connectivity index (χ0) is 24.1. The van der Waals surface area contributed by atoms with Gasteiger partial charge in [0.1, 0.15) is 11.5 Å². The number of aryl methyl sites for hydroxylation is 2. The van der Waals surface area contributed by atoms with Crippen molar-refractivity contribution in [2.24, 2.45) is 0 Å². The first kappa shape index (κ1) is 23.2. The molecule has 0 aromatic heterocycles. The molecule has 176 valence electrons. The quantitative estimate of drug-likeness (QED) is 0.537. The molecule has 1 heterocycles. The number of carbonyl (C=O) groups excluding carboxylic acids is 2. The Morgan fingerprint density at radius 1 is 0.912 bits per heavy atom. The van der Waals surface area contributed by atoms with E-state index in [2.05, 4.69) is 40.7 Å². The summed E-state index contributed by atoms with van der Waals surface area (Å²) in [6.07, 6.45) is 2.03. The molecule has 34 heavy (non-hydrogen) atoms. The highest BCUT2D eigenvalue weighted by atomic mass is 16.5. The van der Waals surface area contributed by atoms with E-state index in [1.54, 1.807) is 36.4 Å². The first-order valence-electron chi connectivity index (χ1n) is 11.2. The van der Waals surface area contributed by atoms with Crippen molar-refractivity contribution in [1.82, 2.24) is 0 Å². The molecule has 4 rings (SSSR count). The fraction of sp³-hybridized carbons (Fsp3) is 0.259. The lowest BCUT2D eigenvalue weighted by molar-refractivity contribution is -0.115. The number of hydrogen-bond acceptors (Lipinski definition) is 5. The average Bonchev–Trinajstić information content (AvgIpc) is 2.85. The molecule has 7 heteroatoms. The van der Waals surface area contributed by atoms with Crippen LogP contribution in [0, 0.1) is 6.92 Å². The number of ether oxygens (including phenoxy) is 2. The molecule has 0 unspecified atom stereocenters. The summed E-state index contributed by atoms with van der Waals surface area (Å²) in [5.74, 6) is 0.415. The minimum atomic E-state index is -0.267. The molecule has 2 N–H and O–H groups in total. The van der Waals surface area contributed by atoms with Crippen LogP contribution in [0.5, 0.6) is 11.5 Å². The van der Waals surface area contributed by atoms with E-state index in [-0.39, 0.29) is 18.4 Å². The Labute approximate surface area is 199 Å². The smallest absolute Gasteiger partial charge is 0.255 e. The van der Waals surface area contributed by atoms with Crippen molar-refractivity contribution in [3.05, 3.63) is 77.4 Å². The lowest BCUT2D eigenvalue weighted by Crippen LogP contribution is -2.36. The number of rotatable bonds is 7. The SMILES string of the molecule is COc1cc(NC(=O)c2ccccc2)c(OC)cc1NC(=O)CN1CCCc2cc(C)ccc21. The van der Waals surface area contributed by atoms with Gasteiger partial charge in [0.25, 0.3) is 5.91 Å². The Balaban J connectivity index is 1.51. The van der Waals surface area contributed by atoms with Crippen LogP contribution in [0.4, 0.5) is 17.1 Å². The van der Waals surface area contributed by atoms with E-state index in [1.165, 1.54) is 25.3 Å². The van der Waals surface area contributed by atoms with Crippen LogP contribution >= 0.6 is 0 Å². The van der Waals surface area contributed by atoms with E-state index in [4.69, 9.17) is 9.47 Å². The molecule has 0 atom stereocenters. The van der Waals surface area contributed by atoms with Crippen molar-refractivity contribution in [1.29, 1.82) is 0 Å². The van der Waals surface area contributed by atoms with Gasteiger partial charge in [-0.1, -0.05) is 35.9 Å². The Bertz CT molecular complexity index is 1190. The highest BCUT2D eigenvalue weighted by Crippen LogP contribution is 2.37. The molecule has 0 saturated heterocycles. The van der Waals surface area contributed by atoms with Crippen LogP contribution in [-0.2, 0) is 11.2 Å². The summed E-state index contributed by atoms with van der Waals surface area (Å²) in [6, 6.07) is 18.6. The van der Waals surface area contributed by atoms with Crippen molar-refractivity contribution >= 4 is 28.9 Å². The van der Waals surface area contributed by atoms with Gasteiger partial charge in [0, 0.05) is 29.9 Å². The summed E-state index contributed by atoms with van der Waals surface area (Å²) < 4.78 is 11.0.